The van der Waals surface area contributed by atoms with Crippen LogP contribution in [0.4, 0.5) is 5.69 Å². The van der Waals surface area contributed by atoms with Crippen LogP contribution in [-0.2, 0) is 0 Å². The molecule has 0 aliphatic heterocycles. The average molecular weight is 274 g/mol. The second kappa shape index (κ2) is 7.12. The van der Waals surface area contributed by atoms with Gasteiger partial charge in [-0.1, -0.05) is 39.8 Å². The van der Waals surface area contributed by atoms with E-state index in [0.29, 0.717) is 6.04 Å². The van der Waals surface area contributed by atoms with Crippen LogP contribution >= 0.6 is 0 Å². The molecular formula is C18H30N2. The van der Waals surface area contributed by atoms with Crippen LogP contribution in [-0.4, -0.2) is 19.1 Å². The Morgan fingerprint density at radius 3 is 2.25 bits per heavy atom. The van der Waals surface area contributed by atoms with Gasteiger partial charge in [-0.15, -0.1) is 0 Å². The lowest BCUT2D eigenvalue weighted by molar-refractivity contribution is 0.537. The Hall–Kier alpha value is -1.02. The zero-order chi connectivity index (χ0) is 14.5. The molecule has 0 radical (unpaired) electrons. The summed E-state index contributed by atoms with van der Waals surface area (Å²) in [6.07, 6.45) is 3.87. The molecular weight excluding hydrogens is 244 g/mol. The van der Waals surface area contributed by atoms with E-state index >= 15 is 0 Å². The monoisotopic (exact) mass is 274 g/mol. The molecule has 0 saturated heterocycles. The highest BCUT2D eigenvalue weighted by molar-refractivity contribution is 5.50. The minimum atomic E-state index is 0.494. The fourth-order valence-corrected chi connectivity index (χ4v) is 2.89. The van der Waals surface area contributed by atoms with Crippen LogP contribution in [0.2, 0.25) is 0 Å². The summed E-state index contributed by atoms with van der Waals surface area (Å²) in [5.41, 5.74) is 2.81. The van der Waals surface area contributed by atoms with Gasteiger partial charge in [-0.2, -0.15) is 0 Å². The van der Waals surface area contributed by atoms with Crippen molar-refractivity contribution in [1.29, 1.82) is 0 Å². The Kier molecular flexibility index (Phi) is 5.47. The molecule has 1 aliphatic rings. The van der Waals surface area contributed by atoms with Crippen LogP contribution in [0.3, 0.4) is 0 Å². The van der Waals surface area contributed by atoms with Crippen LogP contribution in [0.15, 0.2) is 24.3 Å². The summed E-state index contributed by atoms with van der Waals surface area (Å²) in [5, 5.41) is 3.55. The van der Waals surface area contributed by atoms with E-state index < -0.39 is 0 Å². The first-order valence-electron chi connectivity index (χ1n) is 8.25. The van der Waals surface area contributed by atoms with Crippen molar-refractivity contribution in [1.82, 2.24) is 5.32 Å². The van der Waals surface area contributed by atoms with Crippen LogP contribution in [0.1, 0.15) is 58.6 Å². The minimum Gasteiger partial charge on any atom is -0.368 e. The SMILES string of the molecule is CCNC(CC)c1ccc(N(CC(C)C)C2CC2)cc1. The second-order valence-electron chi connectivity index (χ2n) is 6.39. The van der Waals surface area contributed by atoms with E-state index in [1.54, 1.807) is 0 Å². The molecule has 0 amide bonds. The third-order valence-corrected chi connectivity index (χ3v) is 4.04. The maximum atomic E-state index is 3.55. The van der Waals surface area contributed by atoms with Crippen molar-refractivity contribution >= 4 is 5.69 Å². The molecule has 1 aliphatic carbocycles. The molecule has 2 rings (SSSR count). The van der Waals surface area contributed by atoms with Gasteiger partial charge in [0.1, 0.15) is 0 Å². The van der Waals surface area contributed by atoms with Crippen LogP contribution < -0.4 is 10.2 Å². The maximum Gasteiger partial charge on any atom is 0.0369 e. The molecule has 1 N–H and O–H groups in total. The Labute approximate surface area is 124 Å². The fraction of sp³-hybridized carbons (Fsp3) is 0.667. The number of benzene rings is 1. The molecule has 1 aromatic rings. The average Bonchev–Trinajstić information content (AvgIpc) is 3.27. The van der Waals surface area contributed by atoms with Gasteiger partial charge < -0.3 is 10.2 Å². The van der Waals surface area contributed by atoms with Gasteiger partial charge in [0.15, 0.2) is 0 Å². The van der Waals surface area contributed by atoms with Crippen molar-refractivity contribution in [2.75, 3.05) is 18.0 Å². The topological polar surface area (TPSA) is 15.3 Å². The normalized spacial score (nSPS) is 16.4. The van der Waals surface area contributed by atoms with Crippen LogP contribution in [0.5, 0.6) is 0 Å². The largest absolute Gasteiger partial charge is 0.368 e. The summed E-state index contributed by atoms with van der Waals surface area (Å²) in [6.45, 7) is 11.2. The van der Waals surface area contributed by atoms with Gasteiger partial charge in [0.25, 0.3) is 0 Å². The molecule has 0 bridgehead atoms. The Balaban J connectivity index is 2.09. The van der Waals surface area contributed by atoms with Crippen molar-refractivity contribution in [3.05, 3.63) is 29.8 Å². The Bertz CT molecular complexity index is 392. The van der Waals surface area contributed by atoms with Gasteiger partial charge in [0.05, 0.1) is 0 Å². The van der Waals surface area contributed by atoms with E-state index in [4.69, 9.17) is 0 Å². The van der Waals surface area contributed by atoms with Gasteiger partial charge in [-0.3, -0.25) is 0 Å². The van der Waals surface area contributed by atoms with Crippen molar-refractivity contribution in [3.63, 3.8) is 0 Å². The summed E-state index contributed by atoms with van der Waals surface area (Å²) in [5.74, 6) is 0.723. The molecule has 0 heterocycles. The summed E-state index contributed by atoms with van der Waals surface area (Å²) in [6, 6.07) is 10.5. The van der Waals surface area contributed by atoms with E-state index in [0.717, 1.165) is 24.9 Å². The lowest BCUT2D eigenvalue weighted by Gasteiger charge is -2.27. The van der Waals surface area contributed by atoms with Crippen molar-refractivity contribution in [2.45, 2.75) is 59.0 Å². The van der Waals surface area contributed by atoms with E-state index in [-0.39, 0.29) is 0 Å². The van der Waals surface area contributed by atoms with E-state index in [9.17, 15) is 0 Å². The molecule has 1 atom stereocenters. The molecule has 1 unspecified atom stereocenters. The Morgan fingerprint density at radius 2 is 1.80 bits per heavy atom. The van der Waals surface area contributed by atoms with E-state index in [2.05, 4.69) is 62.2 Å². The summed E-state index contributed by atoms with van der Waals surface area (Å²) in [4.78, 5) is 2.60. The molecule has 2 heteroatoms. The van der Waals surface area contributed by atoms with E-state index in [1.165, 1.54) is 30.6 Å². The zero-order valence-electron chi connectivity index (χ0n) is 13.5. The predicted octanol–water partition coefficient (Wildman–Crippen LogP) is 4.37. The molecule has 1 aromatic carbocycles. The molecule has 2 nitrogen and oxygen atoms in total. The number of nitrogens with one attached hydrogen (secondary N) is 1. The molecule has 112 valence electrons. The summed E-state index contributed by atoms with van der Waals surface area (Å²) < 4.78 is 0. The smallest absolute Gasteiger partial charge is 0.0369 e. The molecule has 20 heavy (non-hydrogen) atoms. The lowest BCUT2D eigenvalue weighted by atomic mass is 10.0. The highest BCUT2D eigenvalue weighted by atomic mass is 15.2. The van der Waals surface area contributed by atoms with Gasteiger partial charge in [0.2, 0.25) is 0 Å². The first kappa shape index (κ1) is 15.4. The standard InChI is InChI=1S/C18H30N2/c1-5-18(19-6-2)15-7-9-16(10-8-15)20(13-14(3)4)17-11-12-17/h7-10,14,17-19H,5-6,11-13H2,1-4H3. The molecule has 1 fully saturated rings. The number of hydrogen-bond acceptors (Lipinski definition) is 2. The highest BCUT2D eigenvalue weighted by Crippen LogP contribution is 2.33. The van der Waals surface area contributed by atoms with Crippen LogP contribution in [0.25, 0.3) is 0 Å². The number of anilines is 1. The molecule has 1 saturated carbocycles. The molecule has 0 aromatic heterocycles. The van der Waals surface area contributed by atoms with Gasteiger partial charge in [-0.25, -0.2) is 0 Å². The lowest BCUT2D eigenvalue weighted by Crippen LogP contribution is -2.29. The molecule has 0 spiro atoms. The van der Waals surface area contributed by atoms with Crippen molar-refractivity contribution in [3.8, 4) is 0 Å². The summed E-state index contributed by atoms with van der Waals surface area (Å²) >= 11 is 0. The number of hydrogen-bond donors (Lipinski definition) is 1. The maximum absolute atomic E-state index is 3.55. The first-order valence-corrected chi connectivity index (χ1v) is 8.25. The predicted molar refractivity (Wildman–Crippen MR) is 88.4 cm³/mol. The van der Waals surface area contributed by atoms with Gasteiger partial charge in [-0.05, 0) is 49.4 Å². The van der Waals surface area contributed by atoms with Gasteiger partial charge in [0, 0.05) is 24.3 Å². The number of rotatable bonds is 8. The van der Waals surface area contributed by atoms with Crippen LogP contribution in [0, 0.1) is 5.92 Å². The van der Waals surface area contributed by atoms with Crippen molar-refractivity contribution in [2.24, 2.45) is 5.92 Å². The third-order valence-electron chi connectivity index (χ3n) is 4.04. The zero-order valence-corrected chi connectivity index (χ0v) is 13.5. The Morgan fingerprint density at radius 1 is 1.15 bits per heavy atom. The van der Waals surface area contributed by atoms with Crippen molar-refractivity contribution < 1.29 is 0 Å². The second-order valence-corrected chi connectivity index (χ2v) is 6.39. The first-order chi connectivity index (χ1) is 9.65. The quantitative estimate of drug-likeness (QED) is 0.757. The van der Waals surface area contributed by atoms with Gasteiger partial charge >= 0.3 is 0 Å². The fourth-order valence-electron chi connectivity index (χ4n) is 2.89. The third kappa shape index (κ3) is 3.99. The highest BCUT2D eigenvalue weighted by Gasteiger charge is 2.29. The minimum absolute atomic E-state index is 0.494. The van der Waals surface area contributed by atoms with E-state index in [1.807, 2.05) is 0 Å². The summed E-state index contributed by atoms with van der Waals surface area (Å²) in [7, 11) is 0. The number of nitrogens with zero attached hydrogens (tertiary/aromatic N) is 1.